The van der Waals surface area contributed by atoms with Gasteiger partial charge in [-0.15, -0.1) is 0 Å². The Morgan fingerprint density at radius 3 is 2.18 bits per heavy atom. The topological polar surface area (TPSA) is 52.7 Å². The lowest BCUT2D eigenvalue weighted by Crippen LogP contribution is -2.49. The molecule has 1 aliphatic heterocycles. The highest BCUT2D eigenvalue weighted by molar-refractivity contribution is 5.92. The number of carbonyl (C=O) groups is 2. The van der Waals surface area contributed by atoms with E-state index >= 15 is 0 Å². The summed E-state index contributed by atoms with van der Waals surface area (Å²) in [6.07, 6.45) is 7.74. The number of halogens is 1. The first kappa shape index (κ1) is 19.2. The van der Waals surface area contributed by atoms with E-state index < -0.39 is 0 Å². The van der Waals surface area contributed by atoms with Crippen molar-refractivity contribution in [2.75, 3.05) is 31.1 Å². The first-order valence-corrected chi connectivity index (χ1v) is 10.7. The summed E-state index contributed by atoms with van der Waals surface area (Å²) >= 11 is 0. The smallest absolute Gasteiger partial charge is 0.226 e. The molecule has 28 heavy (non-hydrogen) atoms. The molecule has 3 aliphatic rings. The number of hydrogen-bond donors (Lipinski definition) is 1. The van der Waals surface area contributed by atoms with Gasteiger partial charge in [-0.25, -0.2) is 4.39 Å². The van der Waals surface area contributed by atoms with Gasteiger partial charge in [0.25, 0.3) is 0 Å². The zero-order chi connectivity index (χ0) is 19.5. The lowest BCUT2D eigenvalue weighted by molar-refractivity contribution is -0.135. The molecule has 2 atom stereocenters. The average Bonchev–Trinajstić information content (AvgIpc) is 3.53. The highest BCUT2D eigenvalue weighted by Crippen LogP contribution is 2.40. The molecule has 2 aliphatic carbocycles. The minimum Gasteiger partial charge on any atom is -0.368 e. The Morgan fingerprint density at radius 1 is 0.893 bits per heavy atom. The minimum absolute atomic E-state index is 0.0789. The Bertz CT molecular complexity index is 692. The van der Waals surface area contributed by atoms with Gasteiger partial charge in [-0.05, 0) is 43.5 Å². The molecule has 0 bridgehead atoms. The van der Waals surface area contributed by atoms with Crippen LogP contribution in [0.5, 0.6) is 0 Å². The van der Waals surface area contributed by atoms with Crippen LogP contribution in [-0.2, 0) is 9.59 Å². The minimum atomic E-state index is -0.237. The van der Waals surface area contributed by atoms with E-state index in [0.29, 0.717) is 25.6 Å². The summed E-state index contributed by atoms with van der Waals surface area (Å²) in [6, 6.07) is 6.79. The lowest BCUT2D eigenvalue weighted by atomic mass is 10.1. The van der Waals surface area contributed by atoms with Gasteiger partial charge in [-0.3, -0.25) is 9.59 Å². The van der Waals surface area contributed by atoms with Crippen molar-refractivity contribution < 1.29 is 14.0 Å². The van der Waals surface area contributed by atoms with Crippen LogP contribution < -0.4 is 10.2 Å². The molecule has 2 saturated carbocycles. The van der Waals surface area contributed by atoms with Crippen LogP contribution in [0.15, 0.2) is 24.3 Å². The molecule has 1 aromatic rings. The fraction of sp³-hybridized carbons (Fsp3) is 0.636. The number of anilines is 1. The van der Waals surface area contributed by atoms with E-state index in [1.54, 1.807) is 12.1 Å². The molecular weight excluding hydrogens is 357 g/mol. The molecule has 0 aromatic heterocycles. The van der Waals surface area contributed by atoms with Gasteiger partial charge in [0.15, 0.2) is 0 Å². The summed E-state index contributed by atoms with van der Waals surface area (Å²) in [5.74, 6) is -0.302. The second-order valence-electron chi connectivity index (χ2n) is 8.43. The standard InChI is InChI=1S/C22H30FN3O2/c23-16-7-9-18(10-8-16)25-11-13-26(14-12-25)22(28)20-15-19(20)21(27)24-17-5-3-1-2-4-6-17/h7-10,17,19-20H,1-6,11-15H2,(H,24,27). The predicted octanol–water partition coefficient (Wildman–Crippen LogP) is 2.95. The molecule has 1 aromatic carbocycles. The van der Waals surface area contributed by atoms with E-state index in [0.717, 1.165) is 31.6 Å². The van der Waals surface area contributed by atoms with Gasteiger partial charge < -0.3 is 15.1 Å². The van der Waals surface area contributed by atoms with Gasteiger partial charge in [0.2, 0.25) is 11.8 Å². The first-order chi connectivity index (χ1) is 13.6. The Labute approximate surface area is 166 Å². The summed E-state index contributed by atoms with van der Waals surface area (Å²) in [5.41, 5.74) is 0.987. The zero-order valence-corrected chi connectivity index (χ0v) is 16.4. The van der Waals surface area contributed by atoms with Gasteiger partial charge in [-0.2, -0.15) is 0 Å². The highest BCUT2D eigenvalue weighted by atomic mass is 19.1. The van der Waals surface area contributed by atoms with Crippen LogP contribution in [0.3, 0.4) is 0 Å². The Morgan fingerprint density at radius 2 is 1.54 bits per heavy atom. The quantitative estimate of drug-likeness (QED) is 0.809. The summed E-state index contributed by atoms with van der Waals surface area (Å²) in [4.78, 5) is 29.4. The SMILES string of the molecule is O=C(NC1CCCCCC1)C1CC1C(=O)N1CCN(c2ccc(F)cc2)CC1. The number of piperazine rings is 1. The zero-order valence-electron chi connectivity index (χ0n) is 16.4. The number of rotatable bonds is 4. The van der Waals surface area contributed by atoms with Crippen molar-refractivity contribution in [3.05, 3.63) is 30.1 Å². The van der Waals surface area contributed by atoms with E-state index in [-0.39, 0.29) is 29.5 Å². The molecule has 1 heterocycles. The molecule has 2 unspecified atom stereocenters. The summed E-state index contributed by atoms with van der Waals surface area (Å²) < 4.78 is 13.1. The van der Waals surface area contributed by atoms with Crippen LogP contribution in [0.4, 0.5) is 10.1 Å². The van der Waals surface area contributed by atoms with Crippen molar-refractivity contribution in [1.29, 1.82) is 0 Å². The van der Waals surface area contributed by atoms with Crippen LogP contribution in [0, 0.1) is 17.7 Å². The normalized spacial score (nSPS) is 25.9. The maximum absolute atomic E-state index is 13.1. The number of amides is 2. The number of nitrogens with zero attached hydrogens (tertiary/aromatic N) is 2. The highest BCUT2D eigenvalue weighted by Gasteiger charge is 2.50. The molecular formula is C22H30FN3O2. The molecule has 152 valence electrons. The number of carbonyl (C=O) groups excluding carboxylic acids is 2. The first-order valence-electron chi connectivity index (χ1n) is 10.7. The van der Waals surface area contributed by atoms with Gasteiger partial charge in [0.05, 0.1) is 11.8 Å². The van der Waals surface area contributed by atoms with Crippen LogP contribution in [-0.4, -0.2) is 48.9 Å². The summed E-state index contributed by atoms with van der Waals surface area (Å²) in [6.45, 7) is 2.79. The molecule has 3 fully saturated rings. The van der Waals surface area contributed by atoms with Gasteiger partial charge in [0.1, 0.15) is 5.82 Å². The van der Waals surface area contributed by atoms with E-state index in [2.05, 4.69) is 10.2 Å². The van der Waals surface area contributed by atoms with E-state index in [1.165, 1.54) is 37.8 Å². The van der Waals surface area contributed by atoms with Crippen LogP contribution in [0.25, 0.3) is 0 Å². The Hall–Kier alpha value is -2.11. The van der Waals surface area contributed by atoms with Crippen LogP contribution >= 0.6 is 0 Å². The van der Waals surface area contributed by atoms with Gasteiger partial charge in [0, 0.05) is 37.9 Å². The molecule has 5 nitrogen and oxygen atoms in total. The van der Waals surface area contributed by atoms with E-state index in [1.807, 2.05) is 4.90 Å². The summed E-state index contributed by atoms with van der Waals surface area (Å²) in [7, 11) is 0. The second-order valence-corrected chi connectivity index (χ2v) is 8.43. The van der Waals surface area contributed by atoms with Crippen LogP contribution in [0.1, 0.15) is 44.9 Å². The van der Waals surface area contributed by atoms with E-state index in [4.69, 9.17) is 0 Å². The largest absolute Gasteiger partial charge is 0.368 e. The summed E-state index contributed by atoms with van der Waals surface area (Å²) in [5, 5.41) is 3.19. The third-order valence-electron chi connectivity index (χ3n) is 6.43. The van der Waals surface area contributed by atoms with Gasteiger partial charge >= 0.3 is 0 Å². The van der Waals surface area contributed by atoms with Crippen molar-refractivity contribution in [3.8, 4) is 0 Å². The number of hydrogen-bond acceptors (Lipinski definition) is 3. The fourth-order valence-electron chi connectivity index (χ4n) is 4.56. The van der Waals surface area contributed by atoms with E-state index in [9.17, 15) is 14.0 Å². The maximum atomic E-state index is 13.1. The van der Waals surface area contributed by atoms with Crippen LogP contribution in [0.2, 0.25) is 0 Å². The van der Waals surface area contributed by atoms with Crippen molar-refractivity contribution in [1.82, 2.24) is 10.2 Å². The molecule has 1 saturated heterocycles. The monoisotopic (exact) mass is 387 g/mol. The average molecular weight is 387 g/mol. The van der Waals surface area contributed by atoms with Crippen molar-refractivity contribution in [2.45, 2.75) is 51.0 Å². The number of nitrogens with one attached hydrogen (secondary N) is 1. The lowest BCUT2D eigenvalue weighted by Gasteiger charge is -2.36. The molecule has 2 amide bonds. The Balaban J connectivity index is 1.23. The predicted molar refractivity (Wildman–Crippen MR) is 106 cm³/mol. The second kappa shape index (κ2) is 8.50. The molecule has 4 rings (SSSR count). The molecule has 1 N–H and O–H groups in total. The van der Waals surface area contributed by atoms with Gasteiger partial charge in [-0.1, -0.05) is 25.7 Å². The Kier molecular flexibility index (Phi) is 5.83. The van der Waals surface area contributed by atoms with Crippen molar-refractivity contribution >= 4 is 17.5 Å². The fourth-order valence-corrected chi connectivity index (χ4v) is 4.56. The molecule has 0 radical (unpaired) electrons. The third-order valence-corrected chi connectivity index (χ3v) is 6.43. The number of benzene rings is 1. The van der Waals surface area contributed by atoms with Crippen molar-refractivity contribution in [2.24, 2.45) is 11.8 Å². The molecule has 0 spiro atoms. The third kappa shape index (κ3) is 4.47. The maximum Gasteiger partial charge on any atom is 0.226 e. The molecule has 6 heteroatoms. The van der Waals surface area contributed by atoms with Crippen molar-refractivity contribution in [3.63, 3.8) is 0 Å².